The van der Waals surface area contributed by atoms with Gasteiger partial charge in [-0.15, -0.1) is 0 Å². The average Bonchev–Trinajstić information content (AvgIpc) is 1.85. The molecular formula is C5H10O4V. The van der Waals surface area contributed by atoms with Crippen molar-refractivity contribution in [1.82, 2.24) is 0 Å². The molecule has 1 N–H and O–H groups in total. The topological polar surface area (TPSA) is 71.4 Å². The molecule has 0 bridgehead atoms. The zero-order chi connectivity index (χ0) is 8.41. The van der Waals surface area contributed by atoms with E-state index in [4.69, 9.17) is 12.5 Å². The molecule has 0 aromatic heterocycles. The van der Waals surface area contributed by atoms with Crippen LogP contribution >= 0.6 is 0 Å². The molecule has 0 unspecified atom stereocenters. The first kappa shape index (κ1) is 12.3. The summed E-state index contributed by atoms with van der Waals surface area (Å²) in [6.45, 7) is 1.98. The second kappa shape index (κ2) is 11.5. The third-order valence-electron chi connectivity index (χ3n) is 0.744. The van der Waals surface area contributed by atoms with Gasteiger partial charge in [-0.05, 0) is 6.42 Å². The molecule has 0 saturated heterocycles. The normalized spacial score (nSPS) is 6.90. The third-order valence-corrected chi connectivity index (χ3v) is 0.744. The predicted octanol–water partition coefficient (Wildman–Crippen LogP) is 1.02. The van der Waals surface area contributed by atoms with E-state index in [1.165, 1.54) is 0 Å². The monoisotopic (exact) mass is 185 g/mol. The molecule has 0 atom stereocenters. The zero-order valence-electron chi connectivity index (χ0n) is 5.74. The Morgan fingerprint density at radius 3 is 2.00 bits per heavy atom. The number of aliphatic carboxylic acids is 1. The van der Waals surface area contributed by atoms with Crippen LogP contribution in [0.25, 0.3) is 0 Å². The van der Waals surface area contributed by atoms with Crippen LogP contribution in [0, 0.1) is 0 Å². The molecule has 0 heterocycles. The Hall–Kier alpha value is -0.346. The molecule has 5 heteroatoms. The van der Waals surface area contributed by atoms with Crippen LogP contribution in [-0.2, 0) is 28.3 Å². The van der Waals surface area contributed by atoms with Crippen LogP contribution in [-0.4, -0.2) is 11.1 Å². The number of hydrogen-bond donors (Lipinski definition) is 1. The molecule has 4 nitrogen and oxygen atoms in total. The van der Waals surface area contributed by atoms with Gasteiger partial charge in [0.1, 0.15) is 0 Å². The number of hydrogen-bond acceptors (Lipinski definition) is 3. The van der Waals surface area contributed by atoms with E-state index >= 15 is 0 Å². The summed E-state index contributed by atoms with van der Waals surface area (Å²) in [5.41, 5.74) is 0. The van der Waals surface area contributed by atoms with Gasteiger partial charge in [0.15, 0.2) is 0 Å². The van der Waals surface area contributed by atoms with Crippen molar-refractivity contribution in [2.45, 2.75) is 26.2 Å². The summed E-state index contributed by atoms with van der Waals surface area (Å²) in [5.74, 6) is -0.693. The van der Waals surface area contributed by atoms with Crippen LogP contribution in [0.4, 0.5) is 0 Å². The first-order valence-corrected chi connectivity index (χ1v) is 3.99. The third kappa shape index (κ3) is 25.4. The van der Waals surface area contributed by atoms with Gasteiger partial charge in [-0.3, -0.25) is 4.79 Å². The number of carboxylic acid groups (broad SMARTS) is 1. The average molecular weight is 185 g/mol. The molecule has 0 fully saturated rings. The Labute approximate surface area is 66.1 Å². The van der Waals surface area contributed by atoms with E-state index in [9.17, 15) is 4.79 Å². The Morgan fingerprint density at radius 2 is 1.90 bits per heavy atom. The Bertz CT molecular complexity index is 117. The minimum absolute atomic E-state index is 0.316. The maximum absolute atomic E-state index is 9.76. The van der Waals surface area contributed by atoms with E-state index in [0.717, 1.165) is 12.8 Å². The number of unbranched alkanes of at least 4 members (excludes halogenated alkanes) is 1. The molecule has 0 rings (SSSR count). The predicted molar refractivity (Wildman–Crippen MR) is 28.5 cm³/mol. The van der Waals surface area contributed by atoms with Gasteiger partial charge < -0.3 is 5.11 Å². The number of carboxylic acids is 1. The summed E-state index contributed by atoms with van der Waals surface area (Å²) in [5, 5.41) is 8.04. The van der Waals surface area contributed by atoms with E-state index < -0.39 is 22.2 Å². The van der Waals surface area contributed by atoms with Gasteiger partial charge in [0.2, 0.25) is 0 Å². The summed E-state index contributed by atoms with van der Waals surface area (Å²) in [6.07, 6.45) is 2.08. The molecule has 59 valence electrons. The van der Waals surface area contributed by atoms with Gasteiger partial charge in [0, 0.05) is 6.42 Å². The van der Waals surface area contributed by atoms with Crippen molar-refractivity contribution in [2.24, 2.45) is 0 Å². The van der Waals surface area contributed by atoms with Gasteiger partial charge in [-0.2, -0.15) is 0 Å². The number of rotatable bonds is 3. The SMILES string of the molecule is CCCCC(=O)O.[O]=[V]=[O]. The molecule has 0 spiro atoms. The Balaban J connectivity index is 0. The summed E-state index contributed by atoms with van der Waals surface area (Å²) in [7, 11) is 0. The first-order chi connectivity index (χ1) is 4.68. The van der Waals surface area contributed by atoms with Crippen molar-refractivity contribution in [3.8, 4) is 0 Å². The zero-order valence-corrected chi connectivity index (χ0v) is 7.14. The first-order valence-electron chi connectivity index (χ1n) is 2.85. The molecule has 0 amide bonds. The molecular weight excluding hydrogens is 175 g/mol. The Kier molecular flexibility index (Phi) is 14.1. The summed E-state index contributed by atoms with van der Waals surface area (Å²) >= 11 is -1.81. The summed E-state index contributed by atoms with van der Waals surface area (Å²) in [6, 6.07) is 0. The molecule has 0 saturated carbocycles. The molecule has 0 aliphatic rings. The molecule has 0 radical (unpaired) electrons. The molecule has 0 aromatic carbocycles. The van der Waals surface area contributed by atoms with Gasteiger partial charge in [-0.25, -0.2) is 0 Å². The van der Waals surface area contributed by atoms with E-state index in [-0.39, 0.29) is 0 Å². The Morgan fingerprint density at radius 1 is 1.50 bits per heavy atom. The van der Waals surface area contributed by atoms with Crippen LogP contribution in [0.15, 0.2) is 0 Å². The van der Waals surface area contributed by atoms with Crippen LogP contribution in [0.1, 0.15) is 26.2 Å². The summed E-state index contributed by atoms with van der Waals surface area (Å²) < 4.78 is 16.9. The fourth-order valence-electron chi connectivity index (χ4n) is 0.328. The van der Waals surface area contributed by atoms with Crippen LogP contribution in [0.2, 0.25) is 0 Å². The standard InChI is InChI=1S/C5H10O2.2O.V/c1-2-3-4-5(6)7;;;/h2-4H2,1H3,(H,6,7);;;. The van der Waals surface area contributed by atoms with Crippen molar-refractivity contribution in [3.63, 3.8) is 0 Å². The van der Waals surface area contributed by atoms with E-state index in [0.29, 0.717) is 6.42 Å². The van der Waals surface area contributed by atoms with Gasteiger partial charge >= 0.3 is 29.5 Å². The maximum atomic E-state index is 9.76. The van der Waals surface area contributed by atoms with E-state index in [1.54, 1.807) is 0 Å². The van der Waals surface area contributed by atoms with E-state index in [2.05, 4.69) is 0 Å². The second-order valence-corrected chi connectivity index (χ2v) is 1.80. The van der Waals surface area contributed by atoms with Gasteiger partial charge in [0.05, 0.1) is 0 Å². The van der Waals surface area contributed by atoms with Crippen LogP contribution < -0.4 is 0 Å². The van der Waals surface area contributed by atoms with Crippen LogP contribution in [0.3, 0.4) is 0 Å². The van der Waals surface area contributed by atoms with Gasteiger partial charge in [0.25, 0.3) is 0 Å². The molecule has 0 aliphatic heterocycles. The van der Waals surface area contributed by atoms with Crippen molar-refractivity contribution in [1.29, 1.82) is 0 Å². The van der Waals surface area contributed by atoms with E-state index in [1.807, 2.05) is 6.92 Å². The van der Waals surface area contributed by atoms with Crippen LogP contribution in [0.5, 0.6) is 0 Å². The number of carbonyl (C=O) groups is 1. The van der Waals surface area contributed by atoms with Crippen molar-refractivity contribution in [2.75, 3.05) is 0 Å². The molecule has 0 aromatic rings. The van der Waals surface area contributed by atoms with Crippen molar-refractivity contribution in [3.05, 3.63) is 0 Å². The quantitative estimate of drug-likeness (QED) is 0.712. The second-order valence-electron chi connectivity index (χ2n) is 1.57. The minimum atomic E-state index is -1.81. The van der Waals surface area contributed by atoms with Crippen molar-refractivity contribution >= 4 is 5.97 Å². The summed E-state index contributed by atoms with van der Waals surface area (Å²) in [4.78, 5) is 9.76. The molecule has 10 heavy (non-hydrogen) atoms. The molecule has 0 aliphatic carbocycles. The van der Waals surface area contributed by atoms with Gasteiger partial charge in [-0.1, -0.05) is 13.3 Å². The fourth-order valence-corrected chi connectivity index (χ4v) is 0.328. The van der Waals surface area contributed by atoms with Crippen molar-refractivity contribution < 1.29 is 33.4 Å². The fraction of sp³-hybridized carbons (Fsp3) is 0.800.